The van der Waals surface area contributed by atoms with Gasteiger partial charge in [-0.3, -0.25) is 9.36 Å². The van der Waals surface area contributed by atoms with Gasteiger partial charge in [0.1, 0.15) is 0 Å². The van der Waals surface area contributed by atoms with E-state index in [1.54, 1.807) is 15.9 Å². The Labute approximate surface area is 171 Å². The number of nitrogens with zero attached hydrogens (tertiary/aromatic N) is 4. The second-order valence-corrected chi connectivity index (χ2v) is 8.47. The van der Waals surface area contributed by atoms with Crippen molar-refractivity contribution in [2.75, 3.05) is 0 Å². The van der Waals surface area contributed by atoms with E-state index in [0.717, 1.165) is 16.5 Å². The highest BCUT2D eigenvalue weighted by molar-refractivity contribution is 9.10. The number of fused-ring (bicyclic) bond motifs is 1. The second-order valence-electron chi connectivity index (χ2n) is 5.83. The van der Waals surface area contributed by atoms with Crippen LogP contribution in [0.15, 0.2) is 54.0 Å². The van der Waals surface area contributed by atoms with Crippen molar-refractivity contribution in [3.05, 3.63) is 55.7 Å². The van der Waals surface area contributed by atoms with Crippen molar-refractivity contribution in [3.63, 3.8) is 0 Å². The molecule has 3 aromatic heterocycles. The number of aromatic nitrogens is 4. The van der Waals surface area contributed by atoms with Crippen molar-refractivity contribution >= 4 is 49.9 Å². The molecule has 0 saturated heterocycles. The fraction of sp³-hybridized carbons (Fsp3) is 0.222. The van der Waals surface area contributed by atoms with Gasteiger partial charge < -0.3 is 4.52 Å². The van der Waals surface area contributed by atoms with E-state index in [4.69, 9.17) is 4.52 Å². The molecule has 1 aromatic carbocycles. The van der Waals surface area contributed by atoms with Crippen LogP contribution in [0.3, 0.4) is 0 Å². The summed E-state index contributed by atoms with van der Waals surface area (Å²) in [6, 6.07) is 7.50. The van der Waals surface area contributed by atoms with Gasteiger partial charge in [-0.05, 0) is 36.1 Å². The molecule has 4 aromatic rings. The molecule has 6 nitrogen and oxygen atoms in total. The highest BCUT2D eigenvalue weighted by atomic mass is 79.9. The monoisotopic (exact) mass is 462 g/mol. The minimum Gasteiger partial charge on any atom is -0.334 e. The number of rotatable bonds is 6. The Morgan fingerprint density at radius 3 is 2.96 bits per heavy atom. The molecule has 0 aliphatic rings. The van der Waals surface area contributed by atoms with Crippen LogP contribution in [0.4, 0.5) is 0 Å². The number of hydrogen-bond donors (Lipinski definition) is 0. The lowest BCUT2D eigenvalue weighted by atomic mass is 10.2. The van der Waals surface area contributed by atoms with Crippen molar-refractivity contribution in [2.24, 2.45) is 0 Å². The standard InChI is InChI=1S/C18H15BrN4O2S2/c1-2-6-23-17(24)13-8-12(19)3-4-14(13)20-18(23)27-10-15-21-16(25-22-15)11-5-7-26-9-11/h3-5,7-9H,2,6,10H2,1H3. The topological polar surface area (TPSA) is 73.8 Å². The lowest BCUT2D eigenvalue weighted by molar-refractivity contribution is 0.425. The van der Waals surface area contributed by atoms with Crippen LogP contribution in [-0.2, 0) is 12.3 Å². The summed E-state index contributed by atoms with van der Waals surface area (Å²) >= 11 is 6.44. The molecule has 0 aliphatic heterocycles. The highest BCUT2D eigenvalue weighted by Crippen LogP contribution is 2.25. The third kappa shape index (κ3) is 3.85. The smallest absolute Gasteiger partial charge is 0.262 e. The molecule has 138 valence electrons. The predicted octanol–water partition coefficient (Wildman–Crippen LogP) is 4.97. The molecule has 0 amide bonds. The molecule has 0 radical (unpaired) electrons. The fourth-order valence-corrected chi connectivity index (χ4v) is 4.51. The molecule has 0 fully saturated rings. The van der Waals surface area contributed by atoms with E-state index in [1.165, 1.54) is 11.8 Å². The van der Waals surface area contributed by atoms with Crippen LogP contribution in [-0.4, -0.2) is 19.7 Å². The largest absolute Gasteiger partial charge is 0.334 e. The number of thioether (sulfide) groups is 1. The van der Waals surface area contributed by atoms with Crippen LogP contribution in [0, 0.1) is 0 Å². The van der Waals surface area contributed by atoms with Crippen molar-refractivity contribution in [1.82, 2.24) is 19.7 Å². The molecular weight excluding hydrogens is 448 g/mol. The van der Waals surface area contributed by atoms with E-state index >= 15 is 0 Å². The maximum absolute atomic E-state index is 12.9. The summed E-state index contributed by atoms with van der Waals surface area (Å²) in [6.45, 7) is 2.65. The number of hydrogen-bond acceptors (Lipinski definition) is 7. The Bertz CT molecular complexity index is 1140. The minimum atomic E-state index is -0.0299. The first-order valence-electron chi connectivity index (χ1n) is 8.33. The van der Waals surface area contributed by atoms with Crippen LogP contribution < -0.4 is 5.56 Å². The molecule has 0 spiro atoms. The SMILES string of the molecule is CCCn1c(SCc2noc(-c3ccsc3)n2)nc2ccc(Br)cc2c1=O. The van der Waals surface area contributed by atoms with Gasteiger partial charge in [-0.1, -0.05) is 39.8 Å². The third-order valence-electron chi connectivity index (χ3n) is 3.89. The molecule has 4 rings (SSSR count). The molecule has 0 saturated carbocycles. The first-order chi connectivity index (χ1) is 13.2. The lowest BCUT2D eigenvalue weighted by Gasteiger charge is -2.11. The fourth-order valence-electron chi connectivity index (χ4n) is 2.65. The first-order valence-corrected chi connectivity index (χ1v) is 11.1. The quantitative estimate of drug-likeness (QED) is 0.297. The Morgan fingerprint density at radius 2 is 2.19 bits per heavy atom. The normalized spacial score (nSPS) is 11.3. The van der Waals surface area contributed by atoms with Crippen LogP contribution in [0.5, 0.6) is 0 Å². The van der Waals surface area contributed by atoms with Gasteiger partial charge in [0.25, 0.3) is 11.4 Å². The van der Waals surface area contributed by atoms with Gasteiger partial charge in [0.05, 0.1) is 22.2 Å². The second kappa shape index (κ2) is 7.95. The molecular formula is C18H15BrN4O2S2. The Hall–Kier alpha value is -1.97. The van der Waals surface area contributed by atoms with Crippen molar-refractivity contribution in [3.8, 4) is 11.5 Å². The zero-order valence-electron chi connectivity index (χ0n) is 14.4. The zero-order chi connectivity index (χ0) is 18.8. The van der Waals surface area contributed by atoms with Crippen LogP contribution >= 0.6 is 39.0 Å². The molecule has 0 atom stereocenters. The van der Waals surface area contributed by atoms with Gasteiger partial charge in [0, 0.05) is 16.4 Å². The summed E-state index contributed by atoms with van der Waals surface area (Å²) in [6.07, 6.45) is 0.846. The van der Waals surface area contributed by atoms with Crippen LogP contribution in [0.25, 0.3) is 22.4 Å². The number of benzene rings is 1. The molecule has 27 heavy (non-hydrogen) atoms. The van der Waals surface area contributed by atoms with Gasteiger partial charge in [-0.15, -0.1) is 0 Å². The lowest BCUT2D eigenvalue weighted by Crippen LogP contribution is -2.23. The van der Waals surface area contributed by atoms with Crippen molar-refractivity contribution in [1.29, 1.82) is 0 Å². The van der Waals surface area contributed by atoms with Gasteiger partial charge in [-0.2, -0.15) is 16.3 Å². The summed E-state index contributed by atoms with van der Waals surface area (Å²) in [5.74, 6) is 1.56. The molecule has 0 aliphatic carbocycles. The van der Waals surface area contributed by atoms with E-state index in [0.29, 0.717) is 40.1 Å². The Morgan fingerprint density at radius 1 is 1.30 bits per heavy atom. The van der Waals surface area contributed by atoms with Crippen LogP contribution in [0.2, 0.25) is 0 Å². The van der Waals surface area contributed by atoms with E-state index in [2.05, 4.69) is 31.1 Å². The zero-order valence-corrected chi connectivity index (χ0v) is 17.6. The van der Waals surface area contributed by atoms with E-state index in [1.807, 2.05) is 41.9 Å². The average molecular weight is 463 g/mol. The summed E-state index contributed by atoms with van der Waals surface area (Å²) < 4.78 is 7.91. The van der Waals surface area contributed by atoms with Crippen LogP contribution in [0.1, 0.15) is 19.2 Å². The minimum absolute atomic E-state index is 0.0299. The maximum Gasteiger partial charge on any atom is 0.262 e. The van der Waals surface area contributed by atoms with Gasteiger partial charge in [-0.25, -0.2) is 4.98 Å². The molecule has 3 heterocycles. The van der Waals surface area contributed by atoms with Crippen molar-refractivity contribution in [2.45, 2.75) is 30.8 Å². The van der Waals surface area contributed by atoms with Gasteiger partial charge in [0.2, 0.25) is 0 Å². The van der Waals surface area contributed by atoms with Gasteiger partial charge >= 0.3 is 0 Å². The van der Waals surface area contributed by atoms with E-state index in [-0.39, 0.29) is 5.56 Å². The summed E-state index contributed by atoms with van der Waals surface area (Å²) in [4.78, 5) is 22.0. The maximum atomic E-state index is 12.9. The molecule has 9 heteroatoms. The molecule has 0 N–H and O–H groups in total. The average Bonchev–Trinajstić information content (AvgIpc) is 3.34. The molecule has 0 bridgehead atoms. The van der Waals surface area contributed by atoms with Crippen molar-refractivity contribution < 1.29 is 4.52 Å². The summed E-state index contributed by atoms with van der Waals surface area (Å²) in [5, 5.41) is 9.25. The van der Waals surface area contributed by atoms with E-state index in [9.17, 15) is 4.79 Å². The first kappa shape index (κ1) is 18.4. The Kier molecular flexibility index (Phi) is 5.42. The van der Waals surface area contributed by atoms with Gasteiger partial charge in [0.15, 0.2) is 11.0 Å². The Balaban J connectivity index is 1.64. The number of thiophene rings is 1. The van der Waals surface area contributed by atoms with E-state index < -0.39 is 0 Å². The summed E-state index contributed by atoms with van der Waals surface area (Å²) in [7, 11) is 0. The predicted molar refractivity (Wildman–Crippen MR) is 111 cm³/mol. The molecule has 0 unspecified atom stereocenters. The number of halogens is 1. The third-order valence-corrected chi connectivity index (χ3v) is 6.04. The highest BCUT2D eigenvalue weighted by Gasteiger charge is 2.14. The summed E-state index contributed by atoms with van der Waals surface area (Å²) in [5.41, 5.74) is 1.57.